The average Bonchev–Trinajstić information content (AvgIpc) is 2.45. The molecule has 5 nitrogen and oxygen atoms in total. The molecule has 1 unspecified atom stereocenters. The van der Waals surface area contributed by atoms with Crippen LogP contribution in [-0.4, -0.2) is 42.3 Å². The molecule has 0 saturated carbocycles. The summed E-state index contributed by atoms with van der Waals surface area (Å²) in [7, 11) is 0. The SMILES string of the molecule is CCNCc1cncc(N2CCOC(CC)C2)n1. The second kappa shape index (κ2) is 6.66. The molecule has 0 amide bonds. The van der Waals surface area contributed by atoms with Crippen molar-refractivity contribution >= 4 is 5.82 Å². The Kier molecular flexibility index (Phi) is 4.90. The topological polar surface area (TPSA) is 50.3 Å². The van der Waals surface area contributed by atoms with Crippen LogP contribution in [-0.2, 0) is 11.3 Å². The lowest BCUT2D eigenvalue weighted by Crippen LogP contribution is -2.42. The zero-order valence-electron chi connectivity index (χ0n) is 11.2. The van der Waals surface area contributed by atoms with E-state index in [1.807, 2.05) is 12.4 Å². The molecule has 0 aliphatic carbocycles. The third kappa shape index (κ3) is 3.40. The van der Waals surface area contributed by atoms with Crippen molar-refractivity contribution in [2.45, 2.75) is 32.9 Å². The van der Waals surface area contributed by atoms with Crippen LogP contribution in [0.5, 0.6) is 0 Å². The lowest BCUT2D eigenvalue weighted by molar-refractivity contribution is 0.0381. The van der Waals surface area contributed by atoms with Crippen molar-refractivity contribution in [1.82, 2.24) is 15.3 Å². The summed E-state index contributed by atoms with van der Waals surface area (Å²) in [4.78, 5) is 11.2. The number of nitrogens with zero attached hydrogens (tertiary/aromatic N) is 3. The van der Waals surface area contributed by atoms with Crippen LogP contribution in [0.3, 0.4) is 0 Å². The lowest BCUT2D eigenvalue weighted by Gasteiger charge is -2.33. The van der Waals surface area contributed by atoms with Gasteiger partial charge in [0.15, 0.2) is 0 Å². The number of rotatable bonds is 5. The fourth-order valence-corrected chi connectivity index (χ4v) is 2.06. The van der Waals surface area contributed by atoms with Gasteiger partial charge in [0.2, 0.25) is 0 Å². The Hall–Kier alpha value is -1.20. The molecule has 1 aromatic rings. The van der Waals surface area contributed by atoms with Crippen molar-refractivity contribution < 1.29 is 4.74 Å². The van der Waals surface area contributed by atoms with Crippen LogP contribution in [0.2, 0.25) is 0 Å². The van der Waals surface area contributed by atoms with Crippen molar-refractivity contribution in [3.63, 3.8) is 0 Å². The zero-order valence-corrected chi connectivity index (χ0v) is 11.2. The second-order valence-electron chi connectivity index (χ2n) is 4.50. The highest BCUT2D eigenvalue weighted by atomic mass is 16.5. The number of morpholine rings is 1. The number of ether oxygens (including phenoxy) is 1. The summed E-state index contributed by atoms with van der Waals surface area (Å²) in [6.07, 6.45) is 5.02. The van der Waals surface area contributed by atoms with Gasteiger partial charge in [-0.1, -0.05) is 13.8 Å². The Morgan fingerprint density at radius 1 is 1.44 bits per heavy atom. The van der Waals surface area contributed by atoms with Crippen LogP contribution >= 0.6 is 0 Å². The summed E-state index contributed by atoms with van der Waals surface area (Å²) in [5.74, 6) is 0.965. The number of hydrogen-bond donors (Lipinski definition) is 1. The van der Waals surface area contributed by atoms with E-state index in [0.717, 1.165) is 50.7 Å². The number of nitrogens with one attached hydrogen (secondary N) is 1. The molecular weight excluding hydrogens is 228 g/mol. The molecule has 5 heteroatoms. The van der Waals surface area contributed by atoms with E-state index in [0.29, 0.717) is 6.10 Å². The molecule has 18 heavy (non-hydrogen) atoms. The summed E-state index contributed by atoms with van der Waals surface area (Å²) in [6.45, 7) is 8.55. The molecule has 100 valence electrons. The van der Waals surface area contributed by atoms with Crippen LogP contribution in [0.4, 0.5) is 5.82 Å². The first-order valence-corrected chi connectivity index (χ1v) is 6.71. The first-order valence-electron chi connectivity index (χ1n) is 6.71. The first-order chi connectivity index (χ1) is 8.83. The standard InChI is InChI=1S/C13H22N4O/c1-3-12-10-17(5-6-18-12)13-9-15-8-11(16-13)7-14-4-2/h8-9,12,14H,3-7,10H2,1-2H3. The minimum atomic E-state index is 0.318. The molecule has 2 heterocycles. The fourth-order valence-electron chi connectivity index (χ4n) is 2.06. The number of hydrogen-bond acceptors (Lipinski definition) is 5. The van der Waals surface area contributed by atoms with Gasteiger partial charge >= 0.3 is 0 Å². The smallest absolute Gasteiger partial charge is 0.147 e. The first kappa shape index (κ1) is 13.2. The van der Waals surface area contributed by atoms with Crippen LogP contribution in [0.1, 0.15) is 26.0 Å². The van der Waals surface area contributed by atoms with Crippen molar-refractivity contribution in [1.29, 1.82) is 0 Å². The quantitative estimate of drug-likeness (QED) is 0.851. The molecule has 1 aliphatic heterocycles. The summed E-state index contributed by atoms with van der Waals surface area (Å²) < 4.78 is 5.67. The highest BCUT2D eigenvalue weighted by molar-refractivity contribution is 5.37. The van der Waals surface area contributed by atoms with Gasteiger partial charge in [-0.15, -0.1) is 0 Å². The molecule has 0 aromatic carbocycles. The van der Waals surface area contributed by atoms with Gasteiger partial charge in [-0.2, -0.15) is 0 Å². The van der Waals surface area contributed by atoms with E-state index in [1.54, 1.807) is 0 Å². The Morgan fingerprint density at radius 2 is 2.33 bits per heavy atom. The molecule has 1 aromatic heterocycles. The van der Waals surface area contributed by atoms with Gasteiger partial charge in [-0.25, -0.2) is 4.98 Å². The van der Waals surface area contributed by atoms with Gasteiger partial charge in [0, 0.05) is 25.8 Å². The van der Waals surface area contributed by atoms with Crippen molar-refractivity contribution in [3.8, 4) is 0 Å². The predicted molar refractivity (Wildman–Crippen MR) is 71.7 cm³/mol. The van der Waals surface area contributed by atoms with E-state index >= 15 is 0 Å². The van der Waals surface area contributed by atoms with Gasteiger partial charge in [0.25, 0.3) is 0 Å². The Labute approximate surface area is 109 Å². The molecule has 1 atom stereocenters. The maximum Gasteiger partial charge on any atom is 0.147 e. The van der Waals surface area contributed by atoms with Crippen molar-refractivity contribution in [2.24, 2.45) is 0 Å². The van der Waals surface area contributed by atoms with Gasteiger partial charge in [-0.3, -0.25) is 4.98 Å². The zero-order chi connectivity index (χ0) is 12.8. The van der Waals surface area contributed by atoms with Crippen LogP contribution in [0, 0.1) is 0 Å². The molecule has 1 aliphatic rings. The predicted octanol–water partition coefficient (Wildman–Crippen LogP) is 1.20. The van der Waals surface area contributed by atoms with E-state index in [4.69, 9.17) is 4.74 Å². The maximum atomic E-state index is 5.67. The minimum Gasteiger partial charge on any atom is -0.375 e. The summed E-state index contributed by atoms with van der Waals surface area (Å²) in [5, 5.41) is 3.27. The van der Waals surface area contributed by atoms with E-state index in [2.05, 4.69) is 34.0 Å². The average molecular weight is 250 g/mol. The molecule has 0 spiro atoms. The van der Waals surface area contributed by atoms with Crippen molar-refractivity contribution in [3.05, 3.63) is 18.1 Å². The summed E-state index contributed by atoms with van der Waals surface area (Å²) >= 11 is 0. The molecule has 0 bridgehead atoms. The third-order valence-electron chi connectivity index (χ3n) is 3.15. The molecule has 2 rings (SSSR count). The highest BCUT2D eigenvalue weighted by Crippen LogP contribution is 2.15. The molecular formula is C13H22N4O. The number of anilines is 1. The van der Waals surface area contributed by atoms with Crippen LogP contribution in [0.25, 0.3) is 0 Å². The Balaban J connectivity index is 2.02. The molecule has 1 saturated heterocycles. The minimum absolute atomic E-state index is 0.318. The molecule has 1 fully saturated rings. The van der Waals surface area contributed by atoms with Crippen molar-refractivity contribution in [2.75, 3.05) is 31.1 Å². The van der Waals surface area contributed by atoms with E-state index in [1.165, 1.54) is 0 Å². The second-order valence-corrected chi connectivity index (χ2v) is 4.50. The monoisotopic (exact) mass is 250 g/mol. The van der Waals surface area contributed by atoms with Gasteiger partial charge in [0.05, 0.1) is 24.6 Å². The Morgan fingerprint density at radius 3 is 3.11 bits per heavy atom. The third-order valence-corrected chi connectivity index (χ3v) is 3.15. The summed E-state index contributed by atoms with van der Waals surface area (Å²) in [6, 6.07) is 0. The number of aromatic nitrogens is 2. The van der Waals surface area contributed by atoms with E-state index in [9.17, 15) is 0 Å². The Bertz CT molecular complexity index is 372. The highest BCUT2D eigenvalue weighted by Gasteiger charge is 2.20. The maximum absolute atomic E-state index is 5.67. The summed E-state index contributed by atoms with van der Waals surface area (Å²) in [5.41, 5.74) is 0.994. The fraction of sp³-hybridized carbons (Fsp3) is 0.692. The van der Waals surface area contributed by atoms with Crippen LogP contribution < -0.4 is 10.2 Å². The van der Waals surface area contributed by atoms with Gasteiger partial charge < -0.3 is 15.0 Å². The van der Waals surface area contributed by atoms with Gasteiger partial charge in [0.1, 0.15) is 5.82 Å². The van der Waals surface area contributed by atoms with Crippen LogP contribution in [0.15, 0.2) is 12.4 Å². The normalized spacial score (nSPS) is 20.1. The molecule has 1 N–H and O–H groups in total. The molecule has 0 radical (unpaired) electrons. The van der Waals surface area contributed by atoms with Gasteiger partial charge in [-0.05, 0) is 13.0 Å². The largest absolute Gasteiger partial charge is 0.375 e. The van der Waals surface area contributed by atoms with E-state index < -0.39 is 0 Å². The lowest BCUT2D eigenvalue weighted by atomic mass is 10.2. The van der Waals surface area contributed by atoms with E-state index in [-0.39, 0.29) is 0 Å².